The predicted octanol–water partition coefficient (Wildman–Crippen LogP) is 3.98. The Hall–Kier alpha value is -2.59. The summed E-state index contributed by atoms with van der Waals surface area (Å²) in [6.45, 7) is 4.90. The molecule has 0 amide bonds. The van der Waals surface area contributed by atoms with E-state index in [-0.39, 0.29) is 0 Å². The van der Waals surface area contributed by atoms with E-state index in [1.165, 1.54) is 5.57 Å². The number of hydrogen-bond donors (Lipinski definition) is 0. The molecule has 0 bridgehead atoms. The fourth-order valence-electron chi connectivity index (χ4n) is 3.19. The first-order valence-corrected chi connectivity index (χ1v) is 9.08. The van der Waals surface area contributed by atoms with Crippen LogP contribution in [0.4, 0.5) is 0 Å². The number of hydrogen-bond acceptors (Lipinski definition) is 4. The third-order valence-corrected chi connectivity index (χ3v) is 4.55. The van der Waals surface area contributed by atoms with Crippen LogP contribution in [0.2, 0.25) is 0 Å². The normalized spacial score (nSPS) is 21.1. The summed E-state index contributed by atoms with van der Waals surface area (Å²) in [6.07, 6.45) is 20.5. The summed E-state index contributed by atoms with van der Waals surface area (Å²) in [5.41, 5.74) is 2.79. The molecule has 1 saturated heterocycles. The molecule has 26 heavy (non-hydrogen) atoms. The maximum absolute atomic E-state index is 11.7. The summed E-state index contributed by atoms with van der Waals surface area (Å²) in [5.74, 6) is 1.43. The first-order chi connectivity index (χ1) is 12.8. The lowest BCUT2D eigenvalue weighted by Crippen LogP contribution is -2.36. The molecular formula is C22H25NO3. The van der Waals surface area contributed by atoms with E-state index in [2.05, 4.69) is 23.1 Å². The van der Waals surface area contributed by atoms with Crippen LogP contribution in [-0.2, 0) is 14.3 Å². The van der Waals surface area contributed by atoms with E-state index in [1.54, 1.807) is 0 Å². The van der Waals surface area contributed by atoms with Gasteiger partial charge in [-0.2, -0.15) is 0 Å². The van der Waals surface area contributed by atoms with Gasteiger partial charge in [-0.3, -0.25) is 4.79 Å². The van der Waals surface area contributed by atoms with Crippen LogP contribution in [-0.4, -0.2) is 37.5 Å². The van der Waals surface area contributed by atoms with E-state index < -0.39 is 0 Å². The summed E-state index contributed by atoms with van der Waals surface area (Å²) in [5, 5.41) is 0. The second-order valence-corrected chi connectivity index (χ2v) is 6.22. The highest BCUT2D eigenvalue weighted by atomic mass is 16.5. The lowest BCUT2D eigenvalue weighted by atomic mass is 9.96. The van der Waals surface area contributed by atoms with Crippen LogP contribution >= 0.6 is 0 Å². The van der Waals surface area contributed by atoms with Gasteiger partial charge in [0.05, 0.1) is 18.8 Å². The molecule has 0 unspecified atom stereocenters. The smallest absolute Gasteiger partial charge is 0.191 e. The molecule has 3 aliphatic rings. The van der Waals surface area contributed by atoms with Crippen LogP contribution in [0.15, 0.2) is 83.0 Å². The predicted molar refractivity (Wildman–Crippen MR) is 103 cm³/mol. The van der Waals surface area contributed by atoms with Gasteiger partial charge in [0.25, 0.3) is 0 Å². The second-order valence-electron chi connectivity index (χ2n) is 6.22. The first kappa shape index (κ1) is 18.2. The fourth-order valence-corrected chi connectivity index (χ4v) is 3.19. The first-order valence-electron chi connectivity index (χ1n) is 9.08. The number of carbonyl (C=O) groups excluding carboxylic acids is 1. The molecule has 0 radical (unpaired) electrons. The largest absolute Gasteiger partial charge is 0.440 e. The van der Waals surface area contributed by atoms with Crippen molar-refractivity contribution in [2.24, 2.45) is 0 Å². The number of morpholine rings is 1. The minimum atomic E-state index is 0.569. The molecule has 0 saturated carbocycles. The molecule has 4 nitrogen and oxygen atoms in total. The van der Waals surface area contributed by atoms with Crippen molar-refractivity contribution in [3.63, 3.8) is 0 Å². The van der Waals surface area contributed by atoms with Crippen molar-refractivity contribution in [2.45, 2.75) is 19.8 Å². The van der Waals surface area contributed by atoms with Crippen molar-refractivity contribution < 1.29 is 14.3 Å². The Balaban J connectivity index is 1.98. The minimum absolute atomic E-state index is 0.569. The Morgan fingerprint density at radius 1 is 1.08 bits per heavy atom. The minimum Gasteiger partial charge on any atom is -0.440 e. The maximum atomic E-state index is 11.7. The zero-order chi connectivity index (χ0) is 18.2. The van der Waals surface area contributed by atoms with E-state index >= 15 is 0 Å². The number of rotatable bonds is 5. The van der Waals surface area contributed by atoms with Gasteiger partial charge in [0.2, 0.25) is 0 Å². The topological polar surface area (TPSA) is 38.8 Å². The molecule has 0 aromatic rings. The van der Waals surface area contributed by atoms with Gasteiger partial charge >= 0.3 is 0 Å². The Bertz CT molecular complexity index is 741. The van der Waals surface area contributed by atoms with E-state index in [1.807, 2.05) is 43.4 Å². The lowest BCUT2D eigenvalue weighted by Gasteiger charge is -2.31. The molecular weight excluding hydrogens is 326 g/mol. The van der Waals surface area contributed by atoms with Gasteiger partial charge in [-0.05, 0) is 37.5 Å². The van der Waals surface area contributed by atoms with Crippen molar-refractivity contribution in [3.05, 3.63) is 83.0 Å². The molecule has 0 N–H and O–H groups in total. The molecule has 0 atom stereocenters. The van der Waals surface area contributed by atoms with E-state index in [0.717, 1.165) is 43.7 Å². The molecule has 4 heteroatoms. The van der Waals surface area contributed by atoms with Crippen molar-refractivity contribution in [1.82, 2.24) is 4.90 Å². The van der Waals surface area contributed by atoms with Crippen molar-refractivity contribution >= 4 is 6.29 Å². The Morgan fingerprint density at radius 2 is 1.88 bits per heavy atom. The van der Waals surface area contributed by atoms with Crippen LogP contribution in [0.25, 0.3) is 0 Å². The molecule has 3 rings (SSSR count). The molecule has 0 spiro atoms. The molecule has 2 aliphatic carbocycles. The fraction of sp³-hybridized carbons (Fsp3) is 0.318. The summed E-state index contributed by atoms with van der Waals surface area (Å²) in [7, 11) is 0. The van der Waals surface area contributed by atoms with Crippen LogP contribution in [0.5, 0.6) is 0 Å². The van der Waals surface area contributed by atoms with E-state index in [4.69, 9.17) is 9.47 Å². The van der Waals surface area contributed by atoms with Crippen molar-refractivity contribution in [2.75, 3.05) is 26.3 Å². The van der Waals surface area contributed by atoms with Gasteiger partial charge in [-0.1, -0.05) is 42.5 Å². The average molecular weight is 351 g/mol. The second kappa shape index (κ2) is 9.20. The number of ether oxygens (including phenoxy) is 2. The van der Waals surface area contributed by atoms with E-state index in [9.17, 15) is 4.79 Å². The van der Waals surface area contributed by atoms with Gasteiger partial charge in [-0.25, -0.2) is 0 Å². The zero-order valence-corrected chi connectivity index (χ0v) is 15.2. The number of nitrogens with zero attached hydrogens (tertiary/aromatic N) is 1. The molecule has 0 aromatic carbocycles. The quantitative estimate of drug-likeness (QED) is 0.555. The Morgan fingerprint density at radius 3 is 2.65 bits per heavy atom. The van der Waals surface area contributed by atoms with Gasteiger partial charge in [0, 0.05) is 18.7 Å². The summed E-state index contributed by atoms with van der Waals surface area (Å²) < 4.78 is 11.8. The molecule has 1 heterocycles. The number of aldehydes is 1. The standard InChI is InChI=1S/C22H25NO3/c1-2-21(23-13-15-25-16-14-23)26-22-19(17-24)11-7-8-12-20(22)18-9-5-3-4-6-10-18/h2-9,11,17H,10,12-16H2,1H3/b21-2-. The van der Waals surface area contributed by atoms with E-state index in [0.29, 0.717) is 24.5 Å². The third-order valence-electron chi connectivity index (χ3n) is 4.55. The van der Waals surface area contributed by atoms with Gasteiger partial charge in [-0.15, -0.1) is 0 Å². The average Bonchev–Trinajstić information content (AvgIpc) is 3.07. The summed E-state index contributed by atoms with van der Waals surface area (Å²) >= 11 is 0. The van der Waals surface area contributed by atoms with Crippen LogP contribution in [0.1, 0.15) is 19.8 Å². The summed E-state index contributed by atoms with van der Waals surface area (Å²) in [4.78, 5) is 13.9. The van der Waals surface area contributed by atoms with Gasteiger partial charge in [0.15, 0.2) is 12.2 Å². The lowest BCUT2D eigenvalue weighted by molar-refractivity contribution is -0.105. The molecule has 1 fully saturated rings. The highest BCUT2D eigenvalue weighted by molar-refractivity contribution is 5.81. The summed E-state index contributed by atoms with van der Waals surface area (Å²) in [6, 6.07) is 0. The SMILES string of the molecule is C/C=C(\OC1=C(C2=CC=CC=CC2)CC=CC=C1C=O)N1CCOCC1. The van der Waals surface area contributed by atoms with Crippen LogP contribution in [0, 0.1) is 0 Å². The third kappa shape index (κ3) is 4.33. The maximum Gasteiger partial charge on any atom is 0.191 e. The Labute approximate surface area is 155 Å². The highest BCUT2D eigenvalue weighted by Crippen LogP contribution is 2.32. The molecule has 1 aliphatic heterocycles. The molecule has 0 aromatic heterocycles. The Kier molecular flexibility index (Phi) is 6.45. The van der Waals surface area contributed by atoms with Gasteiger partial charge < -0.3 is 14.4 Å². The van der Waals surface area contributed by atoms with Crippen molar-refractivity contribution in [3.8, 4) is 0 Å². The number of allylic oxidation sites excluding steroid dienone is 12. The van der Waals surface area contributed by atoms with Gasteiger partial charge in [0.1, 0.15) is 5.76 Å². The van der Waals surface area contributed by atoms with Crippen molar-refractivity contribution in [1.29, 1.82) is 0 Å². The highest BCUT2D eigenvalue weighted by Gasteiger charge is 2.22. The zero-order valence-electron chi connectivity index (χ0n) is 15.2. The van der Waals surface area contributed by atoms with Crippen LogP contribution < -0.4 is 0 Å². The van der Waals surface area contributed by atoms with Crippen LogP contribution in [0.3, 0.4) is 0 Å². The number of carbonyl (C=O) groups is 1. The molecule has 136 valence electrons. The monoisotopic (exact) mass is 351 g/mol.